The van der Waals surface area contributed by atoms with Gasteiger partial charge in [0.25, 0.3) is 0 Å². The molecule has 0 aliphatic carbocycles. The molecule has 0 saturated heterocycles. The van der Waals surface area contributed by atoms with Crippen molar-refractivity contribution in [3.05, 3.63) is 198 Å². The summed E-state index contributed by atoms with van der Waals surface area (Å²) >= 11 is 1.89. The molecule has 1 aromatic heterocycles. The molecule has 9 rings (SSSR count). The summed E-state index contributed by atoms with van der Waals surface area (Å²) in [5.41, 5.74) is 18.7. The third-order valence-corrected chi connectivity index (χ3v) is 13.0. The van der Waals surface area contributed by atoms with Crippen LogP contribution in [0.1, 0.15) is 48.4 Å². The van der Waals surface area contributed by atoms with Crippen LogP contribution in [0.15, 0.2) is 176 Å². The first-order valence-electron chi connectivity index (χ1n) is 20.2. The second-order valence-corrected chi connectivity index (χ2v) is 16.5. The van der Waals surface area contributed by atoms with Crippen LogP contribution in [0.2, 0.25) is 0 Å². The second kappa shape index (κ2) is 15.4. The summed E-state index contributed by atoms with van der Waals surface area (Å²) in [6.45, 7) is 11.4. The van der Waals surface area contributed by atoms with Crippen LogP contribution >= 0.6 is 11.3 Å². The van der Waals surface area contributed by atoms with E-state index in [1.807, 2.05) is 11.3 Å². The Balaban J connectivity index is 1.25. The molecule has 2 heteroatoms. The number of thiophene rings is 1. The maximum Gasteiger partial charge on any atom is 0.0543 e. The molecular weight excluding hydrogens is 707 g/mol. The fourth-order valence-electron chi connectivity index (χ4n) is 8.56. The Labute approximate surface area is 341 Å². The minimum atomic E-state index is 0.411. The SMILES string of the molecule is CCC(C)c1ccccc1-c1c(N(c2ccc(-c3ccccc3)cc2)c2ccc(-c3cccc4c3sc3ccc(C)cc34)cc2)ccc(-c2ccccc2C)c1C. The number of anilines is 3. The summed E-state index contributed by atoms with van der Waals surface area (Å²) in [4.78, 5) is 2.47. The van der Waals surface area contributed by atoms with Gasteiger partial charge in [0.05, 0.1) is 5.69 Å². The predicted octanol–water partition coefficient (Wildman–Crippen LogP) is 16.6. The van der Waals surface area contributed by atoms with Gasteiger partial charge in [0.2, 0.25) is 0 Å². The molecule has 57 heavy (non-hydrogen) atoms. The summed E-state index contributed by atoms with van der Waals surface area (Å²) < 4.78 is 2.67. The monoisotopic (exact) mass is 753 g/mol. The van der Waals surface area contributed by atoms with Crippen molar-refractivity contribution in [1.82, 2.24) is 0 Å². The molecule has 0 saturated carbocycles. The van der Waals surface area contributed by atoms with E-state index in [1.54, 1.807) is 0 Å². The molecule has 9 aromatic rings. The zero-order valence-corrected chi connectivity index (χ0v) is 34.2. The van der Waals surface area contributed by atoms with Crippen molar-refractivity contribution in [2.75, 3.05) is 4.90 Å². The molecule has 1 nitrogen and oxygen atoms in total. The molecule has 1 heterocycles. The number of fused-ring (bicyclic) bond motifs is 3. The van der Waals surface area contributed by atoms with E-state index < -0.39 is 0 Å². The van der Waals surface area contributed by atoms with Gasteiger partial charge in [-0.15, -0.1) is 11.3 Å². The standard InChI is InChI=1S/C55H47NS/c1-6-37(3)45-18-12-13-20-49(45)54-39(5)47(46-19-11-10-15-38(46)4)32-33-52(54)56(43-28-24-41(25-29-43)40-16-8-7-9-17-40)44-30-26-42(27-31-44)48-21-14-22-50-51-35-36(2)23-34-53(51)57-55(48)50/h7-35,37H,6H2,1-5H3. The number of aryl methyl sites for hydroxylation is 2. The van der Waals surface area contributed by atoms with Gasteiger partial charge in [0, 0.05) is 37.1 Å². The summed E-state index contributed by atoms with van der Waals surface area (Å²) in [5, 5.41) is 2.67. The largest absolute Gasteiger partial charge is 0.310 e. The van der Waals surface area contributed by atoms with Crippen LogP contribution < -0.4 is 4.90 Å². The van der Waals surface area contributed by atoms with Crippen LogP contribution in [0.3, 0.4) is 0 Å². The number of nitrogens with zero attached hydrogens (tertiary/aromatic N) is 1. The van der Waals surface area contributed by atoms with Gasteiger partial charge >= 0.3 is 0 Å². The van der Waals surface area contributed by atoms with Crippen molar-refractivity contribution >= 4 is 48.6 Å². The van der Waals surface area contributed by atoms with Gasteiger partial charge in [-0.05, 0) is 131 Å². The zero-order valence-electron chi connectivity index (χ0n) is 33.4. The molecule has 0 fully saturated rings. The van der Waals surface area contributed by atoms with Crippen molar-refractivity contribution in [3.63, 3.8) is 0 Å². The Morgan fingerprint density at radius 1 is 0.509 bits per heavy atom. The number of hydrogen-bond acceptors (Lipinski definition) is 2. The topological polar surface area (TPSA) is 3.24 Å². The molecule has 0 bridgehead atoms. The maximum atomic E-state index is 2.47. The summed E-state index contributed by atoms with van der Waals surface area (Å²) in [7, 11) is 0. The molecule has 0 aliphatic rings. The average molecular weight is 754 g/mol. The summed E-state index contributed by atoms with van der Waals surface area (Å²) in [6, 6.07) is 65.1. The molecule has 1 unspecified atom stereocenters. The summed E-state index contributed by atoms with van der Waals surface area (Å²) in [6.07, 6.45) is 1.07. The molecule has 0 spiro atoms. The van der Waals surface area contributed by atoms with Crippen LogP contribution in [0, 0.1) is 20.8 Å². The molecular formula is C55H47NS. The lowest BCUT2D eigenvalue weighted by atomic mass is 9.84. The van der Waals surface area contributed by atoms with Gasteiger partial charge in [-0.1, -0.05) is 153 Å². The van der Waals surface area contributed by atoms with E-state index in [0.29, 0.717) is 5.92 Å². The van der Waals surface area contributed by atoms with Crippen LogP contribution in [0.5, 0.6) is 0 Å². The van der Waals surface area contributed by atoms with E-state index in [0.717, 1.165) is 17.8 Å². The van der Waals surface area contributed by atoms with Crippen LogP contribution in [0.4, 0.5) is 17.1 Å². The number of hydrogen-bond donors (Lipinski definition) is 0. The van der Waals surface area contributed by atoms with Crippen molar-refractivity contribution in [2.24, 2.45) is 0 Å². The van der Waals surface area contributed by atoms with Crippen molar-refractivity contribution in [3.8, 4) is 44.5 Å². The number of benzene rings is 8. The van der Waals surface area contributed by atoms with E-state index in [-0.39, 0.29) is 0 Å². The quantitative estimate of drug-likeness (QED) is 0.142. The van der Waals surface area contributed by atoms with Gasteiger partial charge in [-0.25, -0.2) is 0 Å². The third-order valence-electron chi connectivity index (χ3n) is 11.8. The first-order chi connectivity index (χ1) is 27.9. The Kier molecular flexibility index (Phi) is 9.82. The van der Waals surface area contributed by atoms with Crippen LogP contribution in [0.25, 0.3) is 64.7 Å². The van der Waals surface area contributed by atoms with Gasteiger partial charge < -0.3 is 4.90 Å². The number of rotatable bonds is 9. The molecule has 0 amide bonds. The second-order valence-electron chi connectivity index (χ2n) is 15.4. The molecule has 0 radical (unpaired) electrons. The first-order valence-corrected chi connectivity index (χ1v) is 21.0. The fraction of sp³-hybridized carbons (Fsp3) is 0.127. The fourth-order valence-corrected chi connectivity index (χ4v) is 9.77. The smallest absolute Gasteiger partial charge is 0.0543 e. The Morgan fingerprint density at radius 3 is 1.86 bits per heavy atom. The van der Waals surface area contributed by atoms with Crippen molar-refractivity contribution < 1.29 is 0 Å². The van der Waals surface area contributed by atoms with Gasteiger partial charge in [-0.3, -0.25) is 0 Å². The Morgan fingerprint density at radius 2 is 1.14 bits per heavy atom. The minimum Gasteiger partial charge on any atom is -0.310 e. The predicted molar refractivity (Wildman–Crippen MR) is 249 cm³/mol. The Bertz CT molecular complexity index is 2860. The van der Waals surface area contributed by atoms with E-state index in [1.165, 1.54) is 92.6 Å². The lowest BCUT2D eigenvalue weighted by molar-refractivity contribution is 0.735. The highest BCUT2D eigenvalue weighted by Crippen LogP contribution is 2.48. The van der Waals surface area contributed by atoms with Gasteiger partial charge in [0.15, 0.2) is 0 Å². The van der Waals surface area contributed by atoms with Crippen LogP contribution in [-0.2, 0) is 0 Å². The lowest BCUT2D eigenvalue weighted by Crippen LogP contribution is -2.13. The maximum absolute atomic E-state index is 2.47. The molecule has 0 aliphatic heterocycles. The van der Waals surface area contributed by atoms with E-state index >= 15 is 0 Å². The van der Waals surface area contributed by atoms with E-state index in [4.69, 9.17) is 0 Å². The van der Waals surface area contributed by atoms with Crippen molar-refractivity contribution in [1.29, 1.82) is 0 Å². The third kappa shape index (κ3) is 6.75. The minimum absolute atomic E-state index is 0.411. The molecule has 1 atom stereocenters. The highest BCUT2D eigenvalue weighted by atomic mass is 32.1. The van der Waals surface area contributed by atoms with Crippen LogP contribution in [-0.4, -0.2) is 0 Å². The lowest BCUT2D eigenvalue weighted by Gasteiger charge is -2.31. The van der Waals surface area contributed by atoms with Gasteiger partial charge in [-0.2, -0.15) is 0 Å². The average Bonchev–Trinajstić information content (AvgIpc) is 3.63. The normalized spacial score (nSPS) is 11.9. The van der Waals surface area contributed by atoms with E-state index in [9.17, 15) is 0 Å². The molecule has 8 aromatic carbocycles. The molecule has 278 valence electrons. The Hall–Kier alpha value is -6.22. The first kappa shape index (κ1) is 36.4. The van der Waals surface area contributed by atoms with E-state index in [2.05, 4.69) is 215 Å². The molecule has 0 N–H and O–H groups in total. The summed E-state index contributed by atoms with van der Waals surface area (Å²) in [5.74, 6) is 0.411. The highest BCUT2D eigenvalue weighted by Gasteiger charge is 2.24. The van der Waals surface area contributed by atoms with Gasteiger partial charge in [0.1, 0.15) is 0 Å². The van der Waals surface area contributed by atoms with Crippen molar-refractivity contribution in [2.45, 2.75) is 47.0 Å². The highest BCUT2D eigenvalue weighted by molar-refractivity contribution is 7.26. The zero-order chi connectivity index (χ0) is 39.0.